The molecular weight excluding hydrogens is 392 g/mol. The van der Waals surface area contributed by atoms with Gasteiger partial charge in [0.25, 0.3) is 5.91 Å². The number of ether oxygens (including phenoxy) is 2. The Hall–Kier alpha value is -3.32. The molecule has 4 rings (SSSR count). The Morgan fingerprint density at radius 2 is 1.77 bits per heavy atom. The Kier molecular flexibility index (Phi) is 6.52. The maximum absolute atomic E-state index is 13.0. The number of para-hydroxylation sites is 2. The lowest BCUT2D eigenvalue weighted by atomic mass is 10.1. The Balaban J connectivity index is 1.33. The van der Waals surface area contributed by atoms with Crippen molar-refractivity contribution in [1.82, 2.24) is 19.6 Å². The number of aryl methyl sites for hydroxylation is 1. The minimum atomic E-state index is 0.0696. The van der Waals surface area contributed by atoms with Crippen LogP contribution in [0.1, 0.15) is 21.5 Å². The van der Waals surface area contributed by atoms with Crippen molar-refractivity contribution in [2.75, 3.05) is 33.3 Å². The molecule has 1 saturated heterocycles. The SMILES string of the molecule is COc1ccccc1OCc1cccc(C(=O)N2CCN(Cc3cnn(C)c3)CC2)c1. The maximum atomic E-state index is 13.0. The molecule has 0 aliphatic carbocycles. The van der Waals surface area contributed by atoms with Crippen molar-refractivity contribution in [2.45, 2.75) is 13.2 Å². The molecule has 0 atom stereocenters. The van der Waals surface area contributed by atoms with Gasteiger partial charge in [-0.1, -0.05) is 24.3 Å². The smallest absolute Gasteiger partial charge is 0.253 e. The van der Waals surface area contributed by atoms with Crippen molar-refractivity contribution in [3.63, 3.8) is 0 Å². The fourth-order valence-electron chi connectivity index (χ4n) is 3.80. The van der Waals surface area contributed by atoms with Crippen LogP contribution in [0.15, 0.2) is 60.9 Å². The molecule has 7 nitrogen and oxygen atoms in total. The van der Waals surface area contributed by atoms with E-state index in [1.807, 2.05) is 77.6 Å². The van der Waals surface area contributed by atoms with Crippen LogP contribution < -0.4 is 9.47 Å². The number of methoxy groups -OCH3 is 1. The lowest BCUT2D eigenvalue weighted by Gasteiger charge is -2.34. The number of nitrogens with zero attached hydrogens (tertiary/aromatic N) is 4. The molecule has 0 spiro atoms. The molecule has 2 heterocycles. The van der Waals surface area contributed by atoms with Crippen LogP contribution in [0.25, 0.3) is 0 Å². The van der Waals surface area contributed by atoms with Crippen molar-refractivity contribution < 1.29 is 14.3 Å². The van der Waals surface area contributed by atoms with Crippen molar-refractivity contribution in [3.05, 3.63) is 77.6 Å². The number of piperazine rings is 1. The highest BCUT2D eigenvalue weighted by atomic mass is 16.5. The zero-order chi connectivity index (χ0) is 21.6. The second-order valence-electron chi connectivity index (χ2n) is 7.73. The number of rotatable bonds is 7. The molecule has 2 aromatic carbocycles. The van der Waals surface area contributed by atoms with Gasteiger partial charge in [-0.05, 0) is 29.8 Å². The van der Waals surface area contributed by atoms with Crippen LogP contribution >= 0.6 is 0 Å². The maximum Gasteiger partial charge on any atom is 0.253 e. The minimum absolute atomic E-state index is 0.0696. The van der Waals surface area contributed by atoms with Crippen LogP contribution in [0.4, 0.5) is 0 Å². The monoisotopic (exact) mass is 420 g/mol. The molecular formula is C24H28N4O3. The third-order valence-electron chi connectivity index (χ3n) is 5.46. The molecule has 3 aromatic rings. The van der Waals surface area contributed by atoms with Gasteiger partial charge in [0, 0.05) is 57.1 Å². The summed E-state index contributed by atoms with van der Waals surface area (Å²) in [5.74, 6) is 1.45. The van der Waals surface area contributed by atoms with Crippen molar-refractivity contribution in [1.29, 1.82) is 0 Å². The van der Waals surface area contributed by atoms with Crippen LogP contribution in [0.2, 0.25) is 0 Å². The van der Waals surface area contributed by atoms with Gasteiger partial charge in [-0.25, -0.2) is 0 Å². The van der Waals surface area contributed by atoms with Gasteiger partial charge in [-0.3, -0.25) is 14.4 Å². The molecule has 1 aliphatic rings. The van der Waals surface area contributed by atoms with Crippen LogP contribution in [0.3, 0.4) is 0 Å². The summed E-state index contributed by atoms with van der Waals surface area (Å²) in [5, 5.41) is 4.23. The third kappa shape index (κ3) is 5.24. The van der Waals surface area contributed by atoms with E-state index in [4.69, 9.17) is 9.47 Å². The van der Waals surface area contributed by atoms with Gasteiger partial charge >= 0.3 is 0 Å². The summed E-state index contributed by atoms with van der Waals surface area (Å²) in [6.45, 7) is 4.41. The fraction of sp³-hybridized carbons (Fsp3) is 0.333. The van der Waals surface area contributed by atoms with Gasteiger partial charge in [0.05, 0.1) is 13.3 Å². The van der Waals surface area contributed by atoms with Gasteiger partial charge < -0.3 is 14.4 Å². The number of amides is 1. The lowest BCUT2D eigenvalue weighted by Crippen LogP contribution is -2.48. The molecule has 1 aromatic heterocycles. The first-order valence-corrected chi connectivity index (χ1v) is 10.5. The number of aromatic nitrogens is 2. The predicted octanol–water partition coefficient (Wildman–Crippen LogP) is 2.97. The Labute approximate surface area is 182 Å². The van der Waals surface area contributed by atoms with E-state index in [-0.39, 0.29) is 5.91 Å². The fourth-order valence-corrected chi connectivity index (χ4v) is 3.80. The molecule has 0 saturated carbocycles. The summed E-state index contributed by atoms with van der Waals surface area (Å²) in [4.78, 5) is 17.3. The van der Waals surface area contributed by atoms with E-state index < -0.39 is 0 Å². The molecule has 7 heteroatoms. The summed E-state index contributed by atoms with van der Waals surface area (Å²) in [6.07, 6.45) is 3.94. The van der Waals surface area contributed by atoms with Crippen LogP contribution in [-0.2, 0) is 20.2 Å². The number of hydrogen-bond acceptors (Lipinski definition) is 5. The molecule has 1 fully saturated rings. The minimum Gasteiger partial charge on any atom is -0.493 e. The first kappa shape index (κ1) is 20.9. The molecule has 0 radical (unpaired) electrons. The van der Waals surface area contributed by atoms with E-state index in [0.717, 1.165) is 38.3 Å². The van der Waals surface area contributed by atoms with Crippen molar-refractivity contribution in [3.8, 4) is 11.5 Å². The van der Waals surface area contributed by atoms with Gasteiger partial charge in [0.2, 0.25) is 0 Å². The van der Waals surface area contributed by atoms with Crippen LogP contribution in [-0.4, -0.2) is 58.8 Å². The van der Waals surface area contributed by atoms with Crippen LogP contribution in [0.5, 0.6) is 11.5 Å². The second-order valence-corrected chi connectivity index (χ2v) is 7.73. The quantitative estimate of drug-likeness (QED) is 0.588. The molecule has 1 amide bonds. The molecule has 31 heavy (non-hydrogen) atoms. The van der Waals surface area contributed by atoms with Gasteiger partial charge in [0.1, 0.15) is 6.61 Å². The van der Waals surface area contributed by atoms with Crippen molar-refractivity contribution >= 4 is 5.91 Å². The average molecular weight is 421 g/mol. The molecule has 0 bridgehead atoms. The summed E-state index contributed by atoms with van der Waals surface area (Å²) in [5.41, 5.74) is 2.85. The van der Waals surface area contributed by atoms with E-state index in [2.05, 4.69) is 10.00 Å². The number of hydrogen-bond donors (Lipinski definition) is 0. The predicted molar refractivity (Wildman–Crippen MR) is 118 cm³/mol. The highest BCUT2D eigenvalue weighted by molar-refractivity contribution is 5.94. The number of benzene rings is 2. The van der Waals surface area contributed by atoms with E-state index >= 15 is 0 Å². The van der Waals surface area contributed by atoms with Gasteiger partial charge in [-0.2, -0.15) is 5.10 Å². The topological polar surface area (TPSA) is 59.8 Å². The third-order valence-corrected chi connectivity index (χ3v) is 5.46. The summed E-state index contributed by atoms with van der Waals surface area (Å²) >= 11 is 0. The second kappa shape index (κ2) is 9.66. The van der Waals surface area contributed by atoms with E-state index in [9.17, 15) is 4.79 Å². The molecule has 162 valence electrons. The summed E-state index contributed by atoms with van der Waals surface area (Å²) in [6, 6.07) is 15.2. The molecule has 1 aliphatic heterocycles. The summed E-state index contributed by atoms with van der Waals surface area (Å²) < 4.78 is 13.1. The Morgan fingerprint density at radius 3 is 2.48 bits per heavy atom. The lowest BCUT2D eigenvalue weighted by molar-refractivity contribution is 0.0628. The van der Waals surface area contributed by atoms with Crippen molar-refractivity contribution in [2.24, 2.45) is 7.05 Å². The molecule has 0 unspecified atom stereocenters. The zero-order valence-electron chi connectivity index (χ0n) is 18.0. The number of carbonyl (C=O) groups is 1. The first-order valence-electron chi connectivity index (χ1n) is 10.5. The zero-order valence-corrected chi connectivity index (χ0v) is 18.0. The number of carbonyl (C=O) groups excluding carboxylic acids is 1. The first-order chi connectivity index (χ1) is 15.1. The molecule has 0 N–H and O–H groups in total. The van der Waals surface area contributed by atoms with E-state index in [0.29, 0.717) is 23.7 Å². The standard InChI is InChI=1S/C24H28N4O3/c1-26-16-20(15-25-26)17-27-10-12-28(13-11-27)24(29)21-7-5-6-19(14-21)18-31-23-9-4-3-8-22(23)30-2/h3-9,14-16H,10-13,17-18H2,1-2H3. The largest absolute Gasteiger partial charge is 0.493 e. The van der Waals surface area contributed by atoms with Gasteiger partial charge in [-0.15, -0.1) is 0 Å². The Morgan fingerprint density at radius 1 is 1.00 bits per heavy atom. The van der Waals surface area contributed by atoms with Crippen LogP contribution in [0, 0.1) is 0 Å². The highest BCUT2D eigenvalue weighted by Gasteiger charge is 2.22. The summed E-state index contributed by atoms with van der Waals surface area (Å²) in [7, 11) is 3.55. The van der Waals surface area contributed by atoms with Gasteiger partial charge in [0.15, 0.2) is 11.5 Å². The average Bonchev–Trinajstić information content (AvgIpc) is 3.22. The normalized spacial score (nSPS) is 14.5. The highest BCUT2D eigenvalue weighted by Crippen LogP contribution is 2.26. The Bertz CT molecular complexity index is 1020. The van der Waals surface area contributed by atoms with E-state index in [1.54, 1.807) is 7.11 Å². The van der Waals surface area contributed by atoms with E-state index in [1.165, 1.54) is 5.56 Å².